The highest BCUT2D eigenvalue weighted by molar-refractivity contribution is 5.44. The van der Waals surface area contributed by atoms with E-state index in [2.05, 4.69) is 9.80 Å². The van der Waals surface area contributed by atoms with E-state index in [0.717, 1.165) is 31.5 Å². The molecule has 4 nitrogen and oxygen atoms in total. The van der Waals surface area contributed by atoms with Gasteiger partial charge in [0, 0.05) is 43.9 Å². The first-order valence-electron chi connectivity index (χ1n) is 8.25. The second-order valence-corrected chi connectivity index (χ2v) is 6.56. The van der Waals surface area contributed by atoms with E-state index in [9.17, 15) is 5.11 Å². The maximum absolute atomic E-state index is 9.55. The van der Waals surface area contributed by atoms with Crippen LogP contribution in [0, 0.1) is 0 Å². The maximum atomic E-state index is 9.55. The SMILES string of the molecule is Oc1ccc2c(c1)OCC2N1CCN(C2CCCC2)CC1. The van der Waals surface area contributed by atoms with E-state index < -0.39 is 0 Å². The molecule has 0 aromatic heterocycles. The van der Waals surface area contributed by atoms with Gasteiger partial charge in [0.25, 0.3) is 0 Å². The summed E-state index contributed by atoms with van der Waals surface area (Å²) in [6.45, 7) is 5.36. The molecule has 2 aliphatic heterocycles. The highest BCUT2D eigenvalue weighted by Gasteiger charge is 2.33. The molecule has 1 saturated carbocycles. The Labute approximate surface area is 126 Å². The lowest BCUT2D eigenvalue weighted by Crippen LogP contribution is -2.50. The lowest BCUT2D eigenvalue weighted by Gasteiger charge is -2.40. The standard InChI is InChI=1S/C17H24N2O2/c20-14-5-6-15-16(12-21-17(15)11-14)19-9-7-18(8-10-19)13-3-1-2-4-13/h5-6,11,13,16,20H,1-4,7-10,12H2. The summed E-state index contributed by atoms with van der Waals surface area (Å²) >= 11 is 0. The van der Waals surface area contributed by atoms with Gasteiger partial charge in [0.05, 0.1) is 6.04 Å². The second-order valence-electron chi connectivity index (χ2n) is 6.56. The Kier molecular flexibility index (Phi) is 3.51. The molecule has 21 heavy (non-hydrogen) atoms. The fourth-order valence-corrected chi connectivity index (χ4v) is 4.17. The molecule has 2 fully saturated rings. The number of piperazine rings is 1. The van der Waals surface area contributed by atoms with Gasteiger partial charge in [-0.25, -0.2) is 0 Å². The first kappa shape index (κ1) is 13.4. The van der Waals surface area contributed by atoms with Crippen molar-refractivity contribution >= 4 is 0 Å². The molecule has 114 valence electrons. The number of nitrogens with zero attached hydrogens (tertiary/aromatic N) is 2. The summed E-state index contributed by atoms with van der Waals surface area (Å²) in [7, 11) is 0. The van der Waals surface area contributed by atoms with Crippen LogP contribution in [0.2, 0.25) is 0 Å². The fourth-order valence-electron chi connectivity index (χ4n) is 4.17. The number of rotatable bonds is 2. The van der Waals surface area contributed by atoms with Crippen LogP contribution in [0.5, 0.6) is 11.5 Å². The number of benzene rings is 1. The predicted octanol–water partition coefficient (Wildman–Crippen LogP) is 2.39. The minimum atomic E-state index is 0.292. The van der Waals surface area contributed by atoms with Crippen molar-refractivity contribution in [3.05, 3.63) is 23.8 Å². The summed E-state index contributed by atoms with van der Waals surface area (Å²) in [6.07, 6.45) is 5.62. The van der Waals surface area contributed by atoms with Crippen molar-refractivity contribution < 1.29 is 9.84 Å². The molecule has 0 radical (unpaired) electrons. The number of hydrogen-bond acceptors (Lipinski definition) is 4. The van der Waals surface area contributed by atoms with Gasteiger partial charge in [0.1, 0.15) is 18.1 Å². The van der Waals surface area contributed by atoms with Crippen molar-refractivity contribution in [3.63, 3.8) is 0 Å². The number of ether oxygens (including phenoxy) is 1. The quantitative estimate of drug-likeness (QED) is 0.906. The van der Waals surface area contributed by atoms with Crippen LogP contribution >= 0.6 is 0 Å². The Morgan fingerprint density at radius 2 is 1.71 bits per heavy atom. The molecule has 1 aliphatic carbocycles. The number of phenols is 1. The molecule has 1 unspecified atom stereocenters. The largest absolute Gasteiger partial charge is 0.508 e. The van der Waals surface area contributed by atoms with Gasteiger partial charge in [0.2, 0.25) is 0 Å². The monoisotopic (exact) mass is 288 g/mol. The lowest BCUT2D eigenvalue weighted by molar-refractivity contribution is 0.0626. The molecule has 2 heterocycles. The van der Waals surface area contributed by atoms with Gasteiger partial charge < -0.3 is 9.84 Å². The normalized spacial score (nSPS) is 27.7. The van der Waals surface area contributed by atoms with Crippen LogP contribution in [0.4, 0.5) is 0 Å². The van der Waals surface area contributed by atoms with E-state index in [0.29, 0.717) is 11.8 Å². The summed E-state index contributed by atoms with van der Waals surface area (Å²) in [4.78, 5) is 5.24. The van der Waals surface area contributed by atoms with E-state index >= 15 is 0 Å². The van der Waals surface area contributed by atoms with Gasteiger partial charge in [-0.3, -0.25) is 9.80 Å². The van der Waals surface area contributed by atoms with Crippen LogP contribution in [0.1, 0.15) is 37.3 Å². The molecular weight excluding hydrogens is 264 g/mol. The average Bonchev–Trinajstić information content (AvgIpc) is 3.16. The first-order chi connectivity index (χ1) is 10.3. The van der Waals surface area contributed by atoms with Crippen molar-refractivity contribution in [1.29, 1.82) is 0 Å². The topological polar surface area (TPSA) is 35.9 Å². The second kappa shape index (κ2) is 5.50. The first-order valence-corrected chi connectivity index (χ1v) is 8.25. The van der Waals surface area contributed by atoms with Crippen molar-refractivity contribution in [3.8, 4) is 11.5 Å². The predicted molar refractivity (Wildman–Crippen MR) is 81.7 cm³/mol. The summed E-state index contributed by atoms with van der Waals surface area (Å²) in [5.41, 5.74) is 1.24. The van der Waals surface area contributed by atoms with Gasteiger partial charge in [0.15, 0.2) is 0 Å². The highest BCUT2D eigenvalue weighted by atomic mass is 16.5. The van der Waals surface area contributed by atoms with Crippen molar-refractivity contribution in [2.45, 2.75) is 37.8 Å². The van der Waals surface area contributed by atoms with E-state index in [4.69, 9.17) is 4.74 Å². The van der Waals surface area contributed by atoms with Gasteiger partial charge in [-0.2, -0.15) is 0 Å². The van der Waals surface area contributed by atoms with E-state index in [-0.39, 0.29) is 0 Å². The summed E-state index contributed by atoms with van der Waals surface area (Å²) in [5.74, 6) is 1.15. The number of fused-ring (bicyclic) bond motifs is 1. The lowest BCUT2D eigenvalue weighted by atomic mass is 10.1. The average molecular weight is 288 g/mol. The van der Waals surface area contributed by atoms with Crippen LogP contribution < -0.4 is 4.74 Å². The zero-order valence-corrected chi connectivity index (χ0v) is 12.5. The van der Waals surface area contributed by atoms with E-state index in [1.807, 2.05) is 6.07 Å². The minimum absolute atomic E-state index is 0.292. The number of phenolic OH excluding ortho intramolecular Hbond substituents is 1. The zero-order valence-electron chi connectivity index (χ0n) is 12.5. The van der Waals surface area contributed by atoms with Crippen LogP contribution in [-0.2, 0) is 0 Å². The Morgan fingerprint density at radius 3 is 2.48 bits per heavy atom. The molecule has 1 saturated heterocycles. The molecule has 3 aliphatic rings. The van der Waals surface area contributed by atoms with Crippen LogP contribution in [0.15, 0.2) is 18.2 Å². The molecule has 1 aromatic carbocycles. The zero-order chi connectivity index (χ0) is 14.2. The Balaban J connectivity index is 1.41. The third-order valence-electron chi connectivity index (χ3n) is 5.38. The van der Waals surface area contributed by atoms with Crippen molar-refractivity contribution in [2.24, 2.45) is 0 Å². The van der Waals surface area contributed by atoms with Crippen LogP contribution in [0.25, 0.3) is 0 Å². The molecule has 4 rings (SSSR count). The third kappa shape index (κ3) is 2.51. The van der Waals surface area contributed by atoms with Crippen molar-refractivity contribution in [1.82, 2.24) is 9.80 Å². The number of aromatic hydroxyl groups is 1. The van der Waals surface area contributed by atoms with Gasteiger partial charge in [-0.15, -0.1) is 0 Å². The maximum Gasteiger partial charge on any atom is 0.127 e. The highest BCUT2D eigenvalue weighted by Crippen LogP contribution is 2.38. The number of hydrogen-bond donors (Lipinski definition) is 1. The molecule has 1 atom stereocenters. The Morgan fingerprint density at radius 1 is 1.00 bits per heavy atom. The van der Waals surface area contributed by atoms with E-state index in [1.54, 1.807) is 12.1 Å². The van der Waals surface area contributed by atoms with Crippen LogP contribution in [0.3, 0.4) is 0 Å². The molecular formula is C17H24N2O2. The molecule has 1 N–H and O–H groups in total. The smallest absolute Gasteiger partial charge is 0.127 e. The fraction of sp³-hybridized carbons (Fsp3) is 0.647. The van der Waals surface area contributed by atoms with Crippen LogP contribution in [-0.4, -0.2) is 53.7 Å². The molecule has 1 aromatic rings. The molecule has 4 heteroatoms. The van der Waals surface area contributed by atoms with Gasteiger partial charge in [-0.1, -0.05) is 12.8 Å². The molecule has 0 spiro atoms. The summed E-state index contributed by atoms with van der Waals surface area (Å²) in [6, 6.07) is 6.74. The summed E-state index contributed by atoms with van der Waals surface area (Å²) < 4.78 is 5.76. The van der Waals surface area contributed by atoms with Crippen molar-refractivity contribution in [2.75, 3.05) is 32.8 Å². The van der Waals surface area contributed by atoms with E-state index in [1.165, 1.54) is 44.3 Å². The minimum Gasteiger partial charge on any atom is -0.508 e. The molecule has 0 bridgehead atoms. The Hall–Kier alpha value is -1.26. The molecule has 0 amide bonds. The van der Waals surface area contributed by atoms with Gasteiger partial charge in [-0.05, 0) is 25.0 Å². The summed E-state index contributed by atoms with van der Waals surface area (Å²) in [5, 5.41) is 9.55. The van der Waals surface area contributed by atoms with Gasteiger partial charge >= 0.3 is 0 Å². The Bertz CT molecular complexity index is 506. The third-order valence-corrected chi connectivity index (χ3v) is 5.38.